The molecule has 0 spiro atoms. The Morgan fingerprint density at radius 2 is 2.12 bits per heavy atom. The van der Waals surface area contributed by atoms with E-state index in [2.05, 4.69) is 10.3 Å². The van der Waals surface area contributed by atoms with Crippen LogP contribution < -0.4 is 10.1 Å². The van der Waals surface area contributed by atoms with Crippen molar-refractivity contribution < 1.29 is 13.9 Å². The molecule has 0 aliphatic carbocycles. The van der Waals surface area contributed by atoms with E-state index in [0.29, 0.717) is 30.0 Å². The van der Waals surface area contributed by atoms with Gasteiger partial charge >= 0.3 is 0 Å². The number of pyridine rings is 1. The monoisotopic (exact) mass is 329 g/mol. The first-order valence-corrected chi connectivity index (χ1v) is 7.95. The first kappa shape index (κ1) is 16.4. The largest absolute Gasteiger partial charge is 0.456 e. The van der Waals surface area contributed by atoms with E-state index in [0.717, 1.165) is 0 Å². The van der Waals surface area contributed by atoms with E-state index in [-0.39, 0.29) is 18.5 Å². The molecule has 0 saturated carbocycles. The zero-order valence-electron chi connectivity index (χ0n) is 13.5. The minimum Gasteiger partial charge on any atom is -0.456 e. The lowest BCUT2D eigenvalue weighted by atomic mass is 10.1. The molecule has 2 aromatic rings. The topological polar surface area (TPSA) is 54.5 Å². The first-order chi connectivity index (χ1) is 11.7. The van der Waals surface area contributed by atoms with E-state index in [4.69, 9.17) is 4.74 Å². The van der Waals surface area contributed by atoms with E-state index in [9.17, 15) is 9.18 Å². The van der Waals surface area contributed by atoms with Gasteiger partial charge in [0.2, 0.25) is 0 Å². The van der Waals surface area contributed by atoms with Gasteiger partial charge in [-0.05, 0) is 43.4 Å². The van der Waals surface area contributed by atoms with E-state index in [1.807, 2.05) is 0 Å². The highest BCUT2D eigenvalue weighted by molar-refractivity contribution is 5.94. The van der Waals surface area contributed by atoms with Crippen LogP contribution in [0.25, 0.3) is 0 Å². The summed E-state index contributed by atoms with van der Waals surface area (Å²) < 4.78 is 19.3. The second-order valence-electron chi connectivity index (χ2n) is 5.82. The van der Waals surface area contributed by atoms with Crippen LogP contribution in [0.15, 0.2) is 48.8 Å². The number of carbonyl (C=O) groups excluding carboxylic acids is 1. The maximum absolute atomic E-state index is 13.7. The number of halogens is 1. The molecule has 1 aromatic heterocycles. The molecular formula is C18H20FN3O2. The standard InChI is InChI=1S/C18H20FN3O2/c1-20-10-15-9-14(19)12-22(15)18(23)13-4-6-16(7-5-13)24-17-3-2-8-21-11-17/h2-8,11,14-15,20H,9-10,12H2,1H3/t14-,15-/m0/s1. The highest BCUT2D eigenvalue weighted by Crippen LogP contribution is 2.24. The molecule has 1 amide bonds. The number of hydrogen-bond acceptors (Lipinski definition) is 4. The van der Waals surface area contributed by atoms with Crippen molar-refractivity contribution in [1.82, 2.24) is 15.2 Å². The minimum absolute atomic E-state index is 0.108. The number of likely N-dealkylation sites (N-methyl/N-ethyl adjacent to an activating group) is 1. The Balaban J connectivity index is 1.69. The molecule has 0 bridgehead atoms. The van der Waals surface area contributed by atoms with Crippen molar-refractivity contribution in [2.24, 2.45) is 0 Å². The number of nitrogens with zero attached hydrogens (tertiary/aromatic N) is 2. The third kappa shape index (κ3) is 3.71. The fraction of sp³-hybridized carbons (Fsp3) is 0.333. The lowest BCUT2D eigenvalue weighted by Crippen LogP contribution is -2.40. The Morgan fingerprint density at radius 1 is 1.33 bits per heavy atom. The van der Waals surface area contributed by atoms with Crippen LogP contribution >= 0.6 is 0 Å². The maximum Gasteiger partial charge on any atom is 0.254 e. The average molecular weight is 329 g/mol. The number of likely N-dealkylation sites (tertiary alicyclic amines) is 1. The quantitative estimate of drug-likeness (QED) is 0.916. The van der Waals surface area contributed by atoms with Crippen LogP contribution in [-0.4, -0.2) is 48.1 Å². The summed E-state index contributed by atoms with van der Waals surface area (Å²) in [6.07, 6.45) is 2.71. The van der Waals surface area contributed by atoms with Gasteiger partial charge in [0.25, 0.3) is 5.91 Å². The summed E-state index contributed by atoms with van der Waals surface area (Å²) in [6, 6.07) is 10.4. The van der Waals surface area contributed by atoms with Crippen LogP contribution in [0, 0.1) is 0 Å². The second-order valence-corrected chi connectivity index (χ2v) is 5.82. The van der Waals surface area contributed by atoms with Gasteiger partial charge in [0.05, 0.1) is 12.7 Å². The van der Waals surface area contributed by atoms with E-state index in [1.165, 1.54) is 0 Å². The summed E-state index contributed by atoms with van der Waals surface area (Å²) in [5.74, 6) is 1.10. The molecular weight excluding hydrogens is 309 g/mol. The number of nitrogens with one attached hydrogen (secondary N) is 1. The molecule has 126 valence electrons. The summed E-state index contributed by atoms with van der Waals surface area (Å²) in [6.45, 7) is 0.744. The fourth-order valence-electron chi connectivity index (χ4n) is 2.91. The molecule has 0 unspecified atom stereocenters. The number of aromatic nitrogens is 1. The summed E-state index contributed by atoms with van der Waals surface area (Å²) in [7, 11) is 1.80. The molecule has 1 aliphatic heterocycles. The van der Waals surface area contributed by atoms with Gasteiger partial charge in [0, 0.05) is 30.8 Å². The summed E-state index contributed by atoms with van der Waals surface area (Å²) in [4.78, 5) is 18.2. The van der Waals surface area contributed by atoms with E-state index in [1.54, 1.807) is 60.7 Å². The molecule has 2 atom stereocenters. The zero-order valence-corrected chi connectivity index (χ0v) is 13.5. The Bertz CT molecular complexity index is 678. The van der Waals surface area contributed by atoms with Crippen molar-refractivity contribution in [3.8, 4) is 11.5 Å². The fourth-order valence-corrected chi connectivity index (χ4v) is 2.91. The van der Waals surface area contributed by atoms with Crippen LogP contribution in [0.3, 0.4) is 0 Å². The molecule has 6 heteroatoms. The number of amides is 1. The molecule has 1 fully saturated rings. The van der Waals surface area contributed by atoms with Gasteiger partial charge in [0.15, 0.2) is 0 Å². The lowest BCUT2D eigenvalue weighted by Gasteiger charge is -2.24. The summed E-state index contributed by atoms with van der Waals surface area (Å²) in [5, 5.41) is 3.02. The molecule has 2 heterocycles. The zero-order chi connectivity index (χ0) is 16.9. The van der Waals surface area contributed by atoms with Crippen LogP contribution in [0.5, 0.6) is 11.5 Å². The number of benzene rings is 1. The number of rotatable bonds is 5. The molecule has 24 heavy (non-hydrogen) atoms. The molecule has 1 aliphatic rings. The predicted octanol–water partition coefficient (Wildman–Crippen LogP) is 2.65. The van der Waals surface area contributed by atoms with Crippen molar-refractivity contribution in [2.45, 2.75) is 18.6 Å². The highest BCUT2D eigenvalue weighted by Gasteiger charge is 2.35. The number of hydrogen-bond donors (Lipinski definition) is 1. The van der Waals surface area contributed by atoms with Crippen molar-refractivity contribution in [2.75, 3.05) is 20.1 Å². The molecule has 0 radical (unpaired) electrons. The van der Waals surface area contributed by atoms with Crippen molar-refractivity contribution in [1.29, 1.82) is 0 Å². The third-order valence-electron chi connectivity index (χ3n) is 4.04. The molecule has 1 aromatic carbocycles. The normalized spacial score (nSPS) is 20.2. The van der Waals surface area contributed by atoms with Crippen molar-refractivity contribution >= 4 is 5.91 Å². The van der Waals surface area contributed by atoms with Gasteiger partial charge in [-0.3, -0.25) is 9.78 Å². The van der Waals surface area contributed by atoms with Gasteiger partial charge in [-0.2, -0.15) is 0 Å². The SMILES string of the molecule is CNC[C@@H]1C[C@H](F)CN1C(=O)c1ccc(Oc2cccnc2)cc1. The van der Waals surface area contributed by atoms with Crippen LogP contribution in [0.2, 0.25) is 0 Å². The Labute approximate surface area is 140 Å². The Morgan fingerprint density at radius 3 is 2.79 bits per heavy atom. The number of ether oxygens (including phenoxy) is 1. The second kappa shape index (κ2) is 7.40. The van der Waals surface area contributed by atoms with Crippen molar-refractivity contribution in [3.63, 3.8) is 0 Å². The smallest absolute Gasteiger partial charge is 0.254 e. The van der Waals surface area contributed by atoms with Crippen molar-refractivity contribution in [3.05, 3.63) is 54.4 Å². The first-order valence-electron chi connectivity index (χ1n) is 7.95. The van der Waals surface area contributed by atoms with Gasteiger partial charge in [0.1, 0.15) is 17.7 Å². The van der Waals surface area contributed by atoms with Crippen LogP contribution in [0.4, 0.5) is 4.39 Å². The highest BCUT2D eigenvalue weighted by atomic mass is 19.1. The lowest BCUT2D eigenvalue weighted by molar-refractivity contribution is 0.0730. The Kier molecular flexibility index (Phi) is 5.05. The van der Waals surface area contributed by atoms with E-state index >= 15 is 0 Å². The summed E-state index contributed by atoms with van der Waals surface area (Å²) >= 11 is 0. The number of alkyl halides is 1. The number of carbonyl (C=O) groups is 1. The summed E-state index contributed by atoms with van der Waals surface area (Å²) in [5.41, 5.74) is 0.531. The van der Waals surface area contributed by atoms with Gasteiger partial charge in [-0.15, -0.1) is 0 Å². The third-order valence-corrected chi connectivity index (χ3v) is 4.04. The molecule has 3 rings (SSSR count). The minimum atomic E-state index is -0.958. The van der Waals surface area contributed by atoms with Crippen LogP contribution in [0.1, 0.15) is 16.8 Å². The molecule has 1 N–H and O–H groups in total. The van der Waals surface area contributed by atoms with Crippen LogP contribution in [-0.2, 0) is 0 Å². The average Bonchev–Trinajstić information content (AvgIpc) is 2.97. The predicted molar refractivity (Wildman–Crippen MR) is 89.0 cm³/mol. The van der Waals surface area contributed by atoms with Gasteiger partial charge < -0.3 is 15.0 Å². The van der Waals surface area contributed by atoms with Gasteiger partial charge in [-0.25, -0.2) is 4.39 Å². The molecule has 1 saturated heterocycles. The Hall–Kier alpha value is -2.47. The van der Waals surface area contributed by atoms with E-state index < -0.39 is 6.17 Å². The molecule has 5 nitrogen and oxygen atoms in total. The maximum atomic E-state index is 13.7. The van der Waals surface area contributed by atoms with Gasteiger partial charge in [-0.1, -0.05) is 0 Å².